The maximum Gasteiger partial charge on any atom is 0.126 e. The summed E-state index contributed by atoms with van der Waals surface area (Å²) < 4.78 is 33.4. The van der Waals surface area contributed by atoms with E-state index >= 15 is 0 Å². The molecule has 0 saturated carbocycles. The summed E-state index contributed by atoms with van der Waals surface area (Å²) in [6.07, 6.45) is 4.85. The highest BCUT2D eigenvalue weighted by molar-refractivity contribution is 5.98. The van der Waals surface area contributed by atoms with Crippen LogP contribution >= 0.6 is 0 Å². The minimum Gasteiger partial charge on any atom is -0.493 e. The van der Waals surface area contributed by atoms with E-state index in [1.807, 2.05) is 49.3 Å². The topological polar surface area (TPSA) is 50.8 Å². The first-order valence-corrected chi connectivity index (χ1v) is 9.74. The fraction of sp³-hybridized carbons (Fsp3) is 0.348. The van der Waals surface area contributed by atoms with Gasteiger partial charge in [0.1, 0.15) is 22.9 Å². The number of fused-ring (bicyclic) bond motifs is 1. The minimum absolute atomic E-state index is 0.0596. The SMILES string of the molecule is C/C=C/C1(N(C)/N=C(\C)c2cc(F)cc(F)c2)c2ccccc2OC[C@@H]1CCN. The van der Waals surface area contributed by atoms with Gasteiger partial charge in [0, 0.05) is 30.2 Å². The van der Waals surface area contributed by atoms with E-state index in [2.05, 4.69) is 6.08 Å². The van der Waals surface area contributed by atoms with E-state index in [0.29, 0.717) is 24.4 Å². The van der Waals surface area contributed by atoms with Crippen molar-refractivity contribution < 1.29 is 13.5 Å². The molecule has 0 amide bonds. The van der Waals surface area contributed by atoms with Gasteiger partial charge in [0.05, 0.1) is 12.3 Å². The van der Waals surface area contributed by atoms with Gasteiger partial charge in [-0.2, -0.15) is 5.10 Å². The highest BCUT2D eigenvalue weighted by Gasteiger charge is 2.46. The molecular weight excluding hydrogens is 372 g/mol. The molecular formula is C23H27F2N3O. The van der Waals surface area contributed by atoms with Gasteiger partial charge in [-0.05, 0) is 45.0 Å². The van der Waals surface area contributed by atoms with Crippen LogP contribution in [0.3, 0.4) is 0 Å². The smallest absolute Gasteiger partial charge is 0.126 e. The van der Waals surface area contributed by atoms with Gasteiger partial charge in [0.2, 0.25) is 0 Å². The van der Waals surface area contributed by atoms with E-state index in [-0.39, 0.29) is 5.92 Å². The normalized spacial score (nSPS) is 21.7. The van der Waals surface area contributed by atoms with Crippen molar-refractivity contribution in [3.05, 3.63) is 77.4 Å². The molecule has 0 saturated heterocycles. The Bertz CT molecular complexity index is 908. The highest BCUT2D eigenvalue weighted by atomic mass is 19.1. The van der Waals surface area contributed by atoms with Crippen molar-refractivity contribution in [3.63, 3.8) is 0 Å². The maximum absolute atomic E-state index is 13.7. The molecule has 4 nitrogen and oxygen atoms in total. The zero-order valence-corrected chi connectivity index (χ0v) is 17.0. The lowest BCUT2D eigenvalue weighted by Crippen LogP contribution is -2.51. The third-order valence-electron chi connectivity index (χ3n) is 5.43. The first-order chi connectivity index (χ1) is 13.9. The average Bonchev–Trinajstić information content (AvgIpc) is 2.69. The van der Waals surface area contributed by atoms with E-state index in [0.717, 1.165) is 23.8 Å². The molecule has 0 bridgehead atoms. The molecule has 1 heterocycles. The molecule has 154 valence electrons. The number of nitrogens with two attached hydrogens (primary N) is 1. The maximum atomic E-state index is 13.7. The largest absolute Gasteiger partial charge is 0.493 e. The monoisotopic (exact) mass is 399 g/mol. The standard InChI is InChI=1S/C23H27F2N3O/c1-4-10-23(18(9-11-26)15-29-22-8-6-5-7-21(22)23)28(3)27-16(2)17-12-19(24)14-20(25)13-17/h4-8,10,12-14,18H,9,11,15,26H2,1-3H3/b10-4+,27-16+/t18-,23?/m0/s1. The van der Waals surface area contributed by atoms with Gasteiger partial charge in [-0.3, -0.25) is 5.01 Å². The van der Waals surface area contributed by atoms with Crippen LogP contribution in [-0.4, -0.2) is 30.9 Å². The Morgan fingerprint density at radius 2 is 1.97 bits per heavy atom. The molecule has 2 aromatic carbocycles. The van der Waals surface area contributed by atoms with Crippen LogP contribution in [0.15, 0.2) is 59.7 Å². The van der Waals surface area contributed by atoms with Crippen LogP contribution in [0.1, 0.15) is 31.4 Å². The number of ether oxygens (including phenoxy) is 1. The van der Waals surface area contributed by atoms with Crippen molar-refractivity contribution in [2.24, 2.45) is 16.8 Å². The molecule has 0 aromatic heterocycles. The summed E-state index contributed by atoms with van der Waals surface area (Å²) in [5, 5.41) is 6.61. The van der Waals surface area contributed by atoms with Gasteiger partial charge in [-0.15, -0.1) is 0 Å². The van der Waals surface area contributed by atoms with Crippen molar-refractivity contribution in [1.29, 1.82) is 0 Å². The predicted octanol–water partition coefficient (Wildman–Crippen LogP) is 4.45. The van der Waals surface area contributed by atoms with Crippen LogP contribution in [-0.2, 0) is 5.54 Å². The lowest BCUT2D eigenvalue weighted by Gasteiger charge is -2.47. The molecule has 0 fully saturated rings. The lowest BCUT2D eigenvalue weighted by molar-refractivity contribution is 0.0389. The van der Waals surface area contributed by atoms with Crippen LogP contribution in [0, 0.1) is 17.6 Å². The summed E-state index contributed by atoms with van der Waals surface area (Å²) in [5.41, 5.74) is 7.23. The summed E-state index contributed by atoms with van der Waals surface area (Å²) in [4.78, 5) is 0. The van der Waals surface area contributed by atoms with Gasteiger partial charge in [-0.1, -0.05) is 30.4 Å². The van der Waals surface area contributed by atoms with Crippen molar-refractivity contribution in [1.82, 2.24) is 5.01 Å². The number of allylic oxidation sites excluding steroid dienone is 1. The number of hydrazone groups is 1. The Labute approximate surface area is 170 Å². The lowest BCUT2D eigenvalue weighted by atomic mass is 9.74. The zero-order chi connectivity index (χ0) is 21.0. The van der Waals surface area contributed by atoms with Crippen LogP contribution in [0.25, 0.3) is 0 Å². The van der Waals surface area contributed by atoms with E-state index in [9.17, 15) is 8.78 Å². The molecule has 6 heteroatoms. The number of para-hydroxylation sites is 1. The summed E-state index contributed by atoms with van der Waals surface area (Å²) in [5.74, 6) is -0.393. The van der Waals surface area contributed by atoms with Gasteiger partial charge in [-0.25, -0.2) is 8.78 Å². The number of rotatable bonds is 6. The minimum atomic E-state index is -0.627. The zero-order valence-electron chi connectivity index (χ0n) is 17.0. The molecule has 1 aliphatic heterocycles. The molecule has 29 heavy (non-hydrogen) atoms. The molecule has 2 aromatic rings. The van der Waals surface area contributed by atoms with E-state index < -0.39 is 17.2 Å². The van der Waals surface area contributed by atoms with Crippen molar-refractivity contribution >= 4 is 5.71 Å². The second-order valence-corrected chi connectivity index (χ2v) is 7.27. The molecule has 2 N–H and O–H groups in total. The molecule has 0 aliphatic carbocycles. The van der Waals surface area contributed by atoms with Crippen molar-refractivity contribution in [2.75, 3.05) is 20.2 Å². The average molecular weight is 399 g/mol. The van der Waals surface area contributed by atoms with Crippen LogP contribution in [0.4, 0.5) is 8.78 Å². The van der Waals surface area contributed by atoms with Crippen molar-refractivity contribution in [3.8, 4) is 5.75 Å². The van der Waals surface area contributed by atoms with E-state index in [1.165, 1.54) is 12.1 Å². The van der Waals surface area contributed by atoms with Gasteiger partial charge < -0.3 is 10.5 Å². The second-order valence-electron chi connectivity index (χ2n) is 7.27. The fourth-order valence-electron chi connectivity index (χ4n) is 4.12. The number of nitrogens with zero attached hydrogens (tertiary/aromatic N) is 2. The molecule has 1 unspecified atom stereocenters. The Balaban J connectivity index is 2.13. The number of halogens is 2. The van der Waals surface area contributed by atoms with Gasteiger partial charge in [0.25, 0.3) is 0 Å². The summed E-state index contributed by atoms with van der Waals surface area (Å²) in [7, 11) is 1.88. The summed E-state index contributed by atoms with van der Waals surface area (Å²) >= 11 is 0. The Morgan fingerprint density at radius 1 is 1.28 bits per heavy atom. The van der Waals surface area contributed by atoms with Gasteiger partial charge >= 0.3 is 0 Å². The number of hydrogen-bond acceptors (Lipinski definition) is 4. The van der Waals surface area contributed by atoms with E-state index in [1.54, 1.807) is 6.92 Å². The van der Waals surface area contributed by atoms with Crippen LogP contribution in [0.5, 0.6) is 5.75 Å². The Morgan fingerprint density at radius 3 is 2.62 bits per heavy atom. The molecule has 0 spiro atoms. The van der Waals surface area contributed by atoms with Gasteiger partial charge in [0.15, 0.2) is 0 Å². The molecule has 3 rings (SSSR count). The van der Waals surface area contributed by atoms with Crippen LogP contribution < -0.4 is 10.5 Å². The summed E-state index contributed by atoms with van der Waals surface area (Å²) in [6, 6.07) is 11.3. The van der Waals surface area contributed by atoms with E-state index in [4.69, 9.17) is 15.6 Å². The highest BCUT2D eigenvalue weighted by Crippen LogP contribution is 2.46. The number of hydrogen-bond donors (Lipinski definition) is 1. The third kappa shape index (κ3) is 4.03. The quantitative estimate of drug-likeness (QED) is 0.444. The van der Waals surface area contributed by atoms with Crippen molar-refractivity contribution in [2.45, 2.75) is 25.8 Å². The number of likely N-dealkylation sites (N-methyl/N-ethyl adjacent to an activating group) is 1. The predicted molar refractivity (Wildman–Crippen MR) is 112 cm³/mol. The summed E-state index contributed by atoms with van der Waals surface area (Å²) in [6.45, 7) is 4.73. The molecule has 2 atom stereocenters. The fourth-order valence-corrected chi connectivity index (χ4v) is 4.12. The number of benzene rings is 2. The van der Waals surface area contributed by atoms with Crippen LogP contribution in [0.2, 0.25) is 0 Å². The Hall–Kier alpha value is -2.73. The third-order valence-corrected chi connectivity index (χ3v) is 5.43. The first-order valence-electron chi connectivity index (χ1n) is 9.74. The second kappa shape index (κ2) is 8.74. The molecule has 1 aliphatic rings. The molecule has 0 radical (unpaired) electrons. The first kappa shape index (κ1) is 21.0. The Kier molecular flexibility index (Phi) is 6.33.